The Kier molecular flexibility index (Phi) is 20.8. The number of hydrogen-bond acceptors (Lipinski definition) is 19. The number of imide groups is 1. The molecule has 8 amide bonds. The van der Waals surface area contributed by atoms with Gasteiger partial charge >= 0.3 is 12.1 Å². The van der Waals surface area contributed by atoms with Gasteiger partial charge < -0.3 is 66.4 Å². The summed E-state index contributed by atoms with van der Waals surface area (Å²) in [6, 6.07) is 6.96. The largest absolute Gasteiger partial charge is 0.507 e. The molecule has 3 aromatic carbocycles. The zero-order valence-corrected chi connectivity index (χ0v) is 47.4. The zero-order valence-electron chi connectivity index (χ0n) is 47.4. The highest BCUT2D eigenvalue weighted by Gasteiger charge is 2.46. The van der Waals surface area contributed by atoms with E-state index in [9.17, 15) is 68.4 Å². The number of phenolic OH excluding ortho intramolecular Hbond substituents is 2. The van der Waals surface area contributed by atoms with Gasteiger partial charge in [0.2, 0.25) is 17.7 Å². The van der Waals surface area contributed by atoms with Crippen molar-refractivity contribution in [2.24, 2.45) is 17.6 Å². The summed E-state index contributed by atoms with van der Waals surface area (Å²) in [6.45, 7) is 5.18. The van der Waals surface area contributed by atoms with Gasteiger partial charge in [-0.3, -0.25) is 53.5 Å². The Morgan fingerprint density at radius 1 is 0.824 bits per heavy atom. The number of amides is 8. The Bertz CT molecular complexity index is 3110. The maximum Gasteiger partial charge on any atom is 0.411 e. The van der Waals surface area contributed by atoms with E-state index in [0.29, 0.717) is 38.8 Å². The summed E-state index contributed by atoms with van der Waals surface area (Å²) in [5, 5.41) is 58.0. The second-order valence-corrected chi connectivity index (χ2v) is 22.0. The highest BCUT2D eigenvalue weighted by molar-refractivity contribution is 6.32. The predicted octanol–water partition coefficient (Wildman–Crippen LogP) is 2.85. The van der Waals surface area contributed by atoms with E-state index in [1.54, 1.807) is 32.0 Å². The average molecular weight is 1180 g/mol. The molecule has 3 aliphatic heterocycles. The Balaban J connectivity index is 0.944. The fourth-order valence-electron chi connectivity index (χ4n) is 11.5. The van der Waals surface area contributed by atoms with Gasteiger partial charge in [0, 0.05) is 84.5 Å². The number of aliphatic hydroxyl groups is 2. The van der Waals surface area contributed by atoms with Crippen LogP contribution in [0.3, 0.4) is 0 Å². The number of Topliss-reactive ketones (excluding diaryl/α,β-unsaturated/α-hetero) is 1. The van der Waals surface area contributed by atoms with Crippen LogP contribution in [0, 0.1) is 11.8 Å². The van der Waals surface area contributed by atoms with E-state index in [1.165, 1.54) is 36.4 Å². The number of ether oxygens (including phenoxy) is 4. The molecule has 8 rings (SSSR count). The number of para-hydroxylation sites is 1. The van der Waals surface area contributed by atoms with Gasteiger partial charge in [-0.15, -0.1) is 0 Å². The number of urea groups is 1. The molecular weight excluding hydrogens is 1110 g/mol. The molecule has 26 heteroatoms. The van der Waals surface area contributed by atoms with Gasteiger partial charge in [0.05, 0.1) is 47.8 Å². The van der Waals surface area contributed by atoms with Crippen LogP contribution in [0.4, 0.5) is 21.0 Å². The maximum absolute atomic E-state index is 14.8. The number of benzene rings is 3. The lowest BCUT2D eigenvalue weighted by Crippen LogP contribution is -2.54. The van der Waals surface area contributed by atoms with E-state index in [1.807, 2.05) is 11.8 Å². The summed E-state index contributed by atoms with van der Waals surface area (Å²) < 4.78 is 23.7. The van der Waals surface area contributed by atoms with Gasteiger partial charge in [-0.05, 0) is 69.9 Å². The number of morpholine rings is 1. The molecule has 0 saturated carbocycles. The Labute approximate surface area is 489 Å². The maximum atomic E-state index is 14.8. The van der Waals surface area contributed by atoms with Gasteiger partial charge in [-0.2, -0.15) is 0 Å². The van der Waals surface area contributed by atoms with Crippen LogP contribution in [-0.4, -0.2) is 165 Å². The first kappa shape index (κ1) is 62.9. The molecule has 2 saturated heterocycles. The highest BCUT2D eigenvalue weighted by Crippen LogP contribution is 2.52. The van der Waals surface area contributed by atoms with E-state index in [2.05, 4.69) is 26.6 Å². The number of carbonyl (C=O) groups is 10. The molecule has 5 aliphatic rings. The van der Waals surface area contributed by atoms with Crippen LogP contribution < -0.4 is 32.3 Å². The topological polar surface area (TPSA) is 381 Å². The normalized spacial score (nSPS) is 21.7. The number of primary amides is 1. The number of hydrogen-bond donors (Lipinski definition) is 10. The van der Waals surface area contributed by atoms with Gasteiger partial charge in [-0.25, -0.2) is 9.59 Å². The molecule has 0 radical (unpaired) electrons. The first-order valence-corrected chi connectivity index (χ1v) is 28.4. The van der Waals surface area contributed by atoms with Gasteiger partial charge in [-0.1, -0.05) is 50.6 Å². The molecule has 11 N–H and O–H groups in total. The summed E-state index contributed by atoms with van der Waals surface area (Å²) in [5.74, 6) is -7.74. The van der Waals surface area contributed by atoms with Crippen molar-refractivity contribution in [2.45, 2.75) is 134 Å². The van der Waals surface area contributed by atoms with Crippen molar-refractivity contribution < 1.29 is 87.3 Å². The number of nitrogens with zero attached hydrogens (tertiary/aromatic N) is 2. The van der Waals surface area contributed by atoms with Crippen molar-refractivity contribution in [2.75, 3.05) is 50.1 Å². The molecular formula is C59H72N8O18. The van der Waals surface area contributed by atoms with Crippen LogP contribution in [0.2, 0.25) is 0 Å². The third kappa shape index (κ3) is 14.9. The summed E-state index contributed by atoms with van der Waals surface area (Å²) in [7, 11) is 0. The second-order valence-electron chi connectivity index (χ2n) is 22.0. The third-order valence-corrected chi connectivity index (χ3v) is 15.8. The molecule has 2 aliphatic carbocycles. The Morgan fingerprint density at radius 3 is 2.27 bits per heavy atom. The molecule has 3 heterocycles. The van der Waals surface area contributed by atoms with E-state index in [-0.39, 0.29) is 110 Å². The van der Waals surface area contributed by atoms with Crippen LogP contribution >= 0.6 is 0 Å². The average Bonchev–Trinajstić information content (AvgIpc) is 1.44. The van der Waals surface area contributed by atoms with E-state index in [0.717, 1.165) is 4.90 Å². The number of rotatable bonds is 24. The van der Waals surface area contributed by atoms with E-state index >= 15 is 0 Å². The minimum absolute atomic E-state index is 0.0000241. The number of anilines is 2. The Hall–Kier alpha value is -8.14. The van der Waals surface area contributed by atoms with Crippen molar-refractivity contribution in [3.8, 4) is 11.5 Å². The monoisotopic (exact) mass is 1180 g/mol. The first-order chi connectivity index (χ1) is 40.6. The molecule has 2 unspecified atom stereocenters. The molecule has 26 nitrogen and oxygen atoms in total. The number of nitrogens with two attached hydrogens (primary N) is 1. The number of nitrogens with one attached hydrogen (secondary N) is 5. The number of aromatic hydroxyl groups is 2. The molecule has 3 aromatic rings. The highest BCUT2D eigenvalue weighted by atomic mass is 16.7. The first-order valence-electron chi connectivity index (χ1n) is 28.4. The van der Waals surface area contributed by atoms with Crippen LogP contribution in [0.15, 0.2) is 54.6 Å². The number of unbranched alkanes of at least 4 members (excludes halogenated alkanes) is 2. The molecule has 8 atom stereocenters. The molecule has 0 aromatic heterocycles. The smallest absolute Gasteiger partial charge is 0.411 e. The third-order valence-electron chi connectivity index (χ3n) is 15.8. The summed E-state index contributed by atoms with van der Waals surface area (Å²) >= 11 is 0. The number of phenols is 2. The van der Waals surface area contributed by atoms with Crippen molar-refractivity contribution in [1.29, 1.82) is 0 Å². The lowest BCUT2D eigenvalue weighted by molar-refractivity contribution is -0.240. The molecule has 85 heavy (non-hydrogen) atoms. The van der Waals surface area contributed by atoms with E-state index in [4.69, 9.17) is 24.7 Å². The molecule has 2 fully saturated rings. The van der Waals surface area contributed by atoms with Crippen molar-refractivity contribution in [3.63, 3.8) is 0 Å². The van der Waals surface area contributed by atoms with E-state index < -0.39 is 137 Å². The lowest BCUT2D eigenvalue weighted by Gasteiger charge is -2.44. The Morgan fingerprint density at radius 2 is 1.55 bits per heavy atom. The summed E-state index contributed by atoms with van der Waals surface area (Å²) in [4.78, 5) is 135. The molecule has 0 bridgehead atoms. The van der Waals surface area contributed by atoms with Crippen LogP contribution in [0.25, 0.3) is 0 Å². The fourth-order valence-corrected chi connectivity index (χ4v) is 11.5. The van der Waals surface area contributed by atoms with Crippen LogP contribution in [0.5, 0.6) is 11.5 Å². The van der Waals surface area contributed by atoms with Crippen molar-refractivity contribution in [3.05, 3.63) is 93.6 Å². The quantitative estimate of drug-likeness (QED) is 0.0274. The number of aliphatic hydroxyl groups excluding tert-OH is 2. The van der Waals surface area contributed by atoms with Crippen LogP contribution in [-0.2, 0) is 60.7 Å². The van der Waals surface area contributed by atoms with Gasteiger partial charge in [0.1, 0.15) is 43.0 Å². The van der Waals surface area contributed by atoms with Gasteiger partial charge in [0.25, 0.3) is 11.8 Å². The fraction of sp³-hybridized carbons (Fsp3) is 0.492. The molecule has 0 spiro atoms. The lowest BCUT2D eigenvalue weighted by atomic mass is 9.73. The summed E-state index contributed by atoms with van der Waals surface area (Å²) in [5.41, 5.74) is 3.71. The van der Waals surface area contributed by atoms with Crippen LogP contribution in [0.1, 0.15) is 133 Å². The number of fused-ring (bicyclic) bond motifs is 3. The van der Waals surface area contributed by atoms with Crippen molar-refractivity contribution >= 4 is 70.4 Å². The number of ketones is 3. The predicted molar refractivity (Wildman–Crippen MR) is 300 cm³/mol. The molecule has 456 valence electrons. The zero-order chi connectivity index (χ0) is 61.2. The minimum atomic E-state index is -1.23. The van der Waals surface area contributed by atoms with Gasteiger partial charge in [0.15, 0.2) is 23.6 Å². The minimum Gasteiger partial charge on any atom is -0.507 e. The second kappa shape index (κ2) is 28.2. The standard InChI is InChI=1S/C59H72N8O18/c1-30(2)51(65-42(70)16-5-4-8-20-67-43(71)17-18-44(67)72)57(79)63-39(15-10-19-61-58(60)80)56(78)62-37-13-7-6-11-32(37)28-83-59(81)64-38-14-9-12-35-47(38)54(76)50-49(52(35)74)53(75)36-24-33(40(69)27-68)25-41(48(36)55(50)77)85-46-26-34(23-31(3)84-46)66-21-22-82-29-45(66)73/h6-7,9,11-14,17-18,30-31,33-34,39,41,45-46,51,68,73,75,77H,4-5,8,10,15-16,19-29H2,1-3H3,(H,62,78)(H,63,79)(H,64,81)(H,65,70)(H3,60,61,80)/t31-,33?,34+,39-,41?,45+,46-,51-/m0/s1. The SMILES string of the molecule is CC(C)[C@H](NC(=O)CCCCCN1C(=O)C=CC1=O)C(=O)N[C@@H](CCCNC(N)=O)C(=O)Nc1ccccc1COC(=O)Nc1cccc2c1C(=O)c1c(O)c3c(c(O)c1C2=O)CC(C(=O)CO)CC3O[C@H]1C[C@H](N2CCOC[C@H]2O)C[C@H](C)O1. The van der Waals surface area contributed by atoms with Crippen molar-refractivity contribution in [1.82, 2.24) is 25.8 Å². The summed E-state index contributed by atoms with van der Waals surface area (Å²) in [6.07, 6.45) is 0.000348. The number of carbonyl (C=O) groups excluding carboxylic acids is 10.